The Morgan fingerprint density at radius 3 is 2.60 bits per heavy atom. The molecule has 4 heteroatoms. The molecule has 3 nitrogen and oxygen atoms in total. The van der Waals surface area contributed by atoms with E-state index in [2.05, 4.69) is 59.0 Å². The Morgan fingerprint density at radius 2 is 1.88 bits per heavy atom. The lowest BCUT2D eigenvalue weighted by atomic mass is 9.91. The van der Waals surface area contributed by atoms with E-state index in [4.69, 9.17) is 0 Å². The van der Waals surface area contributed by atoms with Crippen LogP contribution in [-0.4, -0.2) is 35.6 Å². The number of nitrogens with zero attached hydrogens (tertiary/aromatic N) is 3. The summed E-state index contributed by atoms with van der Waals surface area (Å²) in [6.07, 6.45) is 3.60. The summed E-state index contributed by atoms with van der Waals surface area (Å²) in [4.78, 5) is 9.33. The summed E-state index contributed by atoms with van der Waals surface area (Å²) in [7, 11) is 0. The molecule has 0 spiro atoms. The highest BCUT2D eigenvalue weighted by molar-refractivity contribution is 5.60. The molecule has 0 N–H and O–H groups in total. The number of likely N-dealkylation sites (tertiary alicyclic amines) is 1. The third kappa shape index (κ3) is 3.28. The number of rotatable bonds is 3. The average Bonchev–Trinajstić information content (AvgIpc) is 2.87. The quantitative estimate of drug-likeness (QED) is 0.843. The van der Waals surface area contributed by atoms with Crippen LogP contribution in [0.2, 0.25) is 0 Å². The summed E-state index contributed by atoms with van der Waals surface area (Å²) in [5.41, 5.74) is 3.41. The highest BCUT2D eigenvalue weighted by Gasteiger charge is 2.40. The largest absolute Gasteiger partial charge is 0.366 e. The lowest BCUT2D eigenvalue weighted by Crippen LogP contribution is -2.45. The summed E-state index contributed by atoms with van der Waals surface area (Å²) in [5, 5.41) is 0. The van der Waals surface area contributed by atoms with E-state index in [1.54, 1.807) is 6.07 Å². The van der Waals surface area contributed by atoms with Crippen molar-refractivity contribution < 1.29 is 4.39 Å². The molecule has 0 unspecified atom stereocenters. The van der Waals surface area contributed by atoms with E-state index in [9.17, 15) is 4.39 Å². The average molecular weight is 339 g/mol. The van der Waals surface area contributed by atoms with Gasteiger partial charge in [-0.25, -0.2) is 4.39 Å². The van der Waals surface area contributed by atoms with Crippen LogP contribution in [0.1, 0.15) is 37.9 Å². The summed E-state index contributed by atoms with van der Waals surface area (Å²) in [5.74, 6) is -0.233. The smallest absolute Gasteiger partial charge is 0.143 e. The molecule has 0 aliphatic carbocycles. The maximum absolute atomic E-state index is 13.8. The second kappa shape index (κ2) is 6.41. The zero-order valence-corrected chi connectivity index (χ0v) is 15.1. The third-order valence-corrected chi connectivity index (χ3v) is 5.60. The van der Waals surface area contributed by atoms with Gasteiger partial charge in [0.1, 0.15) is 5.82 Å². The van der Waals surface area contributed by atoms with E-state index in [0.29, 0.717) is 6.04 Å². The highest BCUT2D eigenvalue weighted by Crippen LogP contribution is 2.41. The van der Waals surface area contributed by atoms with Crippen LogP contribution < -0.4 is 4.90 Å². The van der Waals surface area contributed by atoms with E-state index < -0.39 is 0 Å². The molecular weight excluding hydrogens is 313 g/mol. The fourth-order valence-electron chi connectivity index (χ4n) is 4.31. The van der Waals surface area contributed by atoms with Crippen molar-refractivity contribution in [2.75, 3.05) is 24.5 Å². The van der Waals surface area contributed by atoms with Gasteiger partial charge >= 0.3 is 0 Å². The van der Waals surface area contributed by atoms with Gasteiger partial charge in [0.05, 0.1) is 17.6 Å². The van der Waals surface area contributed by atoms with Crippen LogP contribution in [0.25, 0.3) is 0 Å². The molecule has 1 saturated heterocycles. The van der Waals surface area contributed by atoms with Gasteiger partial charge in [0.15, 0.2) is 0 Å². The van der Waals surface area contributed by atoms with Crippen LogP contribution in [0.5, 0.6) is 0 Å². The predicted octanol–water partition coefficient (Wildman–Crippen LogP) is 3.98. The van der Waals surface area contributed by atoms with Gasteiger partial charge in [-0.1, -0.05) is 44.2 Å². The number of fused-ring (bicyclic) bond motifs is 1. The van der Waals surface area contributed by atoms with Crippen molar-refractivity contribution in [3.05, 3.63) is 59.7 Å². The van der Waals surface area contributed by atoms with Gasteiger partial charge in [-0.3, -0.25) is 9.88 Å². The first kappa shape index (κ1) is 16.5. The molecule has 0 atom stereocenters. The van der Waals surface area contributed by atoms with Crippen molar-refractivity contribution in [2.24, 2.45) is 0 Å². The number of hydrogen-bond donors (Lipinski definition) is 0. The summed E-state index contributed by atoms with van der Waals surface area (Å²) in [6, 6.07) is 12.8. The SMILES string of the molecule is CC1(C)CN(C2CCN(Cc3ccccc3)CC2)c2cc(F)cnc21. The number of piperidine rings is 1. The molecule has 25 heavy (non-hydrogen) atoms. The molecule has 2 aliphatic rings. The van der Waals surface area contributed by atoms with E-state index >= 15 is 0 Å². The molecule has 1 aromatic carbocycles. The molecule has 1 fully saturated rings. The van der Waals surface area contributed by atoms with E-state index in [0.717, 1.165) is 50.4 Å². The van der Waals surface area contributed by atoms with Gasteiger partial charge in [-0.2, -0.15) is 0 Å². The van der Waals surface area contributed by atoms with Gasteiger partial charge in [0, 0.05) is 43.7 Å². The number of aromatic nitrogens is 1. The van der Waals surface area contributed by atoms with Crippen molar-refractivity contribution in [1.82, 2.24) is 9.88 Å². The highest BCUT2D eigenvalue weighted by atomic mass is 19.1. The minimum atomic E-state index is -0.233. The number of benzene rings is 1. The maximum Gasteiger partial charge on any atom is 0.143 e. The van der Waals surface area contributed by atoms with Crippen molar-refractivity contribution >= 4 is 5.69 Å². The summed E-state index contributed by atoms with van der Waals surface area (Å²) in [6.45, 7) is 8.56. The molecule has 3 heterocycles. The topological polar surface area (TPSA) is 19.4 Å². The lowest BCUT2D eigenvalue weighted by molar-refractivity contribution is 0.201. The normalized spacial score (nSPS) is 20.7. The van der Waals surface area contributed by atoms with Gasteiger partial charge < -0.3 is 4.90 Å². The first-order valence-corrected chi connectivity index (χ1v) is 9.22. The standard InChI is InChI=1S/C21H26FN3/c1-21(2)15-25(19-12-17(22)13-23-20(19)21)18-8-10-24(11-9-18)14-16-6-4-3-5-7-16/h3-7,12-13,18H,8-11,14-15H2,1-2H3. The first-order chi connectivity index (χ1) is 12.0. The van der Waals surface area contributed by atoms with Crippen LogP contribution in [0.15, 0.2) is 42.6 Å². The van der Waals surface area contributed by atoms with Crippen LogP contribution in [0, 0.1) is 5.82 Å². The Labute approximate surface area is 149 Å². The Morgan fingerprint density at radius 1 is 1.16 bits per heavy atom. The van der Waals surface area contributed by atoms with Gasteiger partial charge in [-0.05, 0) is 18.4 Å². The predicted molar refractivity (Wildman–Crippen MR) is 99.3 cm³/mol. The Hall–Kier alpha value is -1.94. The molecule has 2 aromatic rings. The third-order valence-electron chi connectivity index (χ3n) is 5.60. The molecule has 0 saturated carbocycles. The van der Waals surface area contributed by atoms with Gasteiger partial charge in [0.25, 0.3) is 0 Å². The van der Waals surface area contributed by atoms with E-state index in [1.807, 2.05) is 0 Å². The van der Waals surface area contributed by atoms with Crippen LogP contribution in [-0.2, 0) is 12.0 Å². The van der Waals surface area contributed by atoms with Gasteiger partial charge in [0.2, 0.25) is 0 Å². The zero-order chi connectivity index (χ0) is 17.4. The summed E-state index contributed by atoms with van der Waals surface area (Å²) < 4.78 is 13.8. The molecule has 0 radical (unpaired) electrons. The molecule has 4 rings (SSSR count). The number of anilines is 1. The molecule has 2 aliphatic heterocycles. The van der Waals surface area contributed by atoms with Crippen molar-refractivity contribution in [1.29, 1.82) is 0 Å². The van der Waals surface area contributed by atoms with Crippen LogP contribution in [0.3, 0.4) is 0 Å². The zero-order valence-electron chi connectivity index (χ0n) is 15.1. The lowest BCUT2D eigenvalue weighted by Gasteiger charge is -2.38. The minimum Gasteiger partial charge on any atom is -0.366 e. The Kier molecular flexibility index (Phi) is 4.24. The van der Waals surface area contributed by atoms with Crippen LogP contribution >= 0.6 is 0 Å². The fourth-order valence-corrected chi connectivity index (χ4v) is 4.31. The second-order valence-corrected chi connectivity index (χ2v) is 8.03. The van der Waals surface area contributed by atoms with E-state index in [1.165, 1.54) is 11.8 Å². The number of halogens is 1. The fraction of sp³-hybridized carbons (Fsp3) is 0.476. The molecule has 0 amide bonds. The number of hydrogen-bond acceptors (Lipinski definition) is 3. The number of pyridine rings is 1. The second-order valence-electron chi connectivity index (χ2n) is 8.03. The minimum absolute atomic E-state index is 0.00972. The Bertz CT molecular complexity index is 736. The van der Waals surface area contributed by atoms with Crippen LogP contribution in [0.4, 0.5) is 10.1 Å². The summed E-state index contributed by atoms with van der Waals surface area (Å²) >= 11 is 0. The van der Waals surface area contributed by atoms with E-state index in [-0.39, 0.29) is 11.2 Å². The van der Waals surface area contributed by atoms with Crippen molar-refractivity contribution in [3.8, 4) is 0 Å². The van der Waals surface area contributed by atoms with Gasteiger partial charge in [-0.15, -0.1) is 0 Å². The Balaban J connectivity index is 1.44. The van der Waals surface area contributed by atoms with Crippen molar-refractivity contribution in [3.63, 3.8) is 0 Å². The van der Waals surface area contributed by atoms with Crippen molar-refractivity contribution in [2.45, 2.75) is 44.7 Å². The molecule has 1 aromatic heterocycles. The molecular formula is C21H26FN3. The molecule has 132 valence electrons. The molecule has 0 bridgehead atoms. The monoisotopic (exact) mass is 339 g/mol. The maximum atomic E-state index is 13.8. The first-order valence-electron chi connectivity index (χ1n) is 9.22.